The zero-order valence-electron chi connectivity index (χ0n) is 14.9. The molecular weight excluding hydrogens is 405 g/mol. The van der Waals surface area contributed by atoms with E-state index in [-0.39, 0.29) is 34.5 Å². The monoisotopic (exact) mass is 417 g/mol. The van der Waals surface area contributed by atoms with E-state index >= 15 is 0 Å². The van der Waals surface area contributed by atoms with Crippen LogP contribution in [0.2, 0.25) is 5.02 Å². The number of carbonyl (C=O) groups is 2. The van der Waals surface area contributed by atoms with Crippen LogP contribution in [0.5, 0.6) is 5.75 Å². The van der Waals surface area contributed by atoms with Crippen LogP contribution >= 0.6 is 11.6 Å². The Morgan fingerprint density at radius 1 is 1.21 bits per heavy atom. The first kappa shape index (κ1) is 20.0. The van der Waals surface area contributed by atoms with Gasteiger partial charge in [-0.1, -0.05) is 11.6 Å². The zero-order valence-corrected chi connectivity index (χ0v) is 15.7. The second-order valence-electron chi connectivity index (χ2n) is 5.56. The summed E-state index contributed by atoms with van der Waals surface area (Å²) in [6, 6.07) is 9.89. The topological polar surface area (TPSA) is 114 Å². The fourth-order valence-corrected chi connectivity index (χ4v) is 2.58. The number of benzene rings is 2. The van der Waals surface area contributed by atoms with Crippen molar-refractivity contribution >= 4 is 46.3 Å². The first-order valence-electron chi connectivity index (χ1n) is 8.25. The molecule has 3 rings (SSSR count). The summed E-state index contributed by atoms with van der Waals surface area (Å²) < 4.78 is 28.7. The number of amides is 2. The number of nitrogens with zero attached hydrogens (tertiary/aromatic N) is 1. The summed E-state index contributed by atoms with van der Waals surface area (Å²) in [6.45, 7) is 1.75. The molecule has 10 heteroatoms. The summed E-state index contributed by atoms with van der Waals surface area (Å²) in [5.41, 5.74) is 0.663. The van der Waals surface area contributed by atoms with Gasteiger partial charge in [-0.15, -0.1) is 0 Å². The van der Waals surface area contributed by atoms with Gasteiger partial charge in [0.1, 0.15) is 22.8 Å². The smallest absolute Gasteiger partial charge is 0.417 e. The molecule has 0 unspecified atom stereocenters. The van der Waals surface area contributed by atoms with Crippen molar-refractivity contribution in [2.75, 3.05) is 17.2 Å². The Bertz CT molecular complexity index is 1140. The van der Waals surface area contributed by atoms with Gasteiger partial charge in [-0.05, 0) is 37.3 Å². The highest BCUT2D eigenvalue weighted by molar-refractivity contribution is 6.30. The zero-order chi connectivity index (χ0) is 21.0. The Hall–Kier alpha value is -3.77. The number of halogens is 2. The van der Waals surface area contributed by atoms with Gasteiger partial charge >= 0.3 is 12.2 Å². The van der Waals surface area contributed by atoms with E-state index < -0.39 is 18.0 Å². The lowest BCUT2D eigenvalue weighted by molar-refractivity contribution is 0.167. The molecule has 0 saturated carbocycles. The van der Waals surface area contributed by atoms with Gasteiger partial charge < -0.3 is 13.9 Å². The van der Waals surface area contributed by atoms with Crippen LogP contribution in [0.1, 0.15) is 12.5 Å². The molecule has 0 radical (unpaired) electrons. The summed E-state index contributed by atoms with van der Waals surface area (Å²) in [6.07, 6.45) is -1.74. The lowest BCUT2D eigenvalue weighted by Crippen LogP contribution is -2.19. The van der Waals surface area contributed by atoms with E-state index in [0.29, 0.717) is 10.9 Å². The van der Waals surface area contributed by atoms with E-state index in [4.69, 9.17) is 30.8 Å². The van der Waals surface area contributed by atoms with Crippen LogP contribution in [0.3, 0.4) is 0 Å². The van der Waals surface area contributed by atoms with Crippen LogP contribution in [-0.2, 0) is 4.74 Å². The van der Waals surface area contributed by atoms with Crippen molar-refractivity contribution in [2.24, 2.45) is 0 Å². The highest BCUT2D eigenvalue weighted by atomic mass is 35.5. The van der Waals surface area contributed by atoms with Crippen LogP contribution < -0.4 is 15.4 Å². The normalized spacial score (nSPS) is 10.3. The Morgan fingerprint density at radius 2 is 2.00 bits per heavy atom. The fraction of sp³-hybridized carbons (Fsp3) is 0.105. The molecule has 148 valence electrons. The number of anilines is 2. The predicted molar refractivity (Wildman–Crippen MR) is 103 cm³/mol. The van der Waals surface area contributed by atoms with E-state index in [9.17, 15) is 14.0 Å². The Balaban J connectivity index is 1.90. The van der Waals surface area contributed by atoms with E-state index in [1.807, 2.05) is 6.07 Å². The number of hydrogen-bond donors (Lipinski definition) is 2. The molecule has 1 heterocycles. The Morgan fingerprint density at radius 3 is 2.69 bits per heavy atom. The second-order valence-corrected chi connectivity index (χ2v) is 5.97. The highest BCUT2D eigenvalue weighted by Gasteiger charge is 2.20. The minimum atomic E-state index is -0.938. The largest absolute Gasteiger partial charge is 0.450 e. The number of carbonyl (C=O) groups excluding carboxylic acids is 2. The highest BCUT2D eigenvalue weighted by Crippen LogP contribution is 2.36. The average molecular weight is 418 g/mol. The van der Waals surface area contributed by atoms with E-state index in [1.165, 1.54) is 24.3 Å². The molecule has 0 aliphatic heterocycles. The maximum atomic E-state index is 13.2. The molecule has 2 aromatic carbocycles. The third-order valence-corrected chi connectivity index (χ3v) is 3.93. The molecule has 0 atom stereocenters. The maximum Gasteiger partial charge on any atom is 0.417 e. The van der Waals surface area contributed by atoms with Crippen molar-refractivity contribution < 1.29 is 27.9 Å². The minimum absolute atomic E-state index is 0.00775. The number of rotatable bonds is 4. The molecule has 0 spiro atoms. The van der Waals surface area contributed by atoms with Crippen LogP contribution in [0.4, 0.5) is 25.6 Å². The number of hydrogen-bond acceptors (Lipinski definition) is 6. The van der Waals surface area contributed by atoms with Gasteiger partial charge in [0.15, 0.2) is 0 Å². The SMILES string of the molecule is CCOC(=O)Nc1oc2cc(C#N)ccc2c1NC(=O)Oc1ccc(F)c(Cl)c1. The molecule has 1 aromatic heterocycles. The standard InChI is InChI=1S/C19H13ClFN3O5/c1-2-27-18(25)24-17-16(12-5-3-10(9-22)7-15(12)29-17)23-19(26)28-11-4-6-14(21)13(20)8-11/h3-8H,2H2,1H3,(H,23,26)(H,24,25). The van der Waals surface area contributed by atoms with Crippen LogP contribution in [0.25, 0.3) is 11.0 Å². The first-order valence-corrected chi connectivity index (χ1v) is 8.63. The van der Waals surface area contributed by atoms with Gasteiger partial charge in [0.25, 0.3) is 0 Å². The van der Waals surface area contributed by atoms with Crippen molar-refractivity contribution in [3.05, 3.63) is 52.8 Å². The molecule has 2 N–H and O–H groups in total. The quantitative estimate of drug-likeness (QED) is 0.597. The Kier molecular flexibility index (Phi) is 5.85. The van der Waals surface area contributed by atoms with Crippen LogP contribution in [0.15, 0.2) is 40.8 Å². The van der Waals surface area contributed by atoms with Crippen LogP contribution in [-0.4, -0.2) is 18.8 Å². The lowest BCUT2D eigenvalue weighted by Gasteiger charge is -2.08. The molecule has 0 fully saturated rings. The van der Waals surface area contributed by atoms with Crippen molar-refractivity contribution in [2.45, 2.75) is 6.92 Å². The first-order chi connectivity index (χ1) is 13.9. The fourth-order valence-electron chi connectivity index (χ4n) is 2.41. The molecular formula is C19H13ClFN3O5. The van der Waals surface area contributed by atoms with Gasteiger partial charge in [0.2, 0.25) is 5.88 Å². The molecule has 29 heavy (non-hydrogen) atoms. The lowest BCUT2D eigenvalue weighted by atomic mass is 10.1. The predicted octanol–water partition coefficient (Wildman–Crippen LogP) is 5.28. The third kappa shape index (κ3) is 4.56. The number of furan rings is 1. The summed E-state index contributed by atoms with van der Waals surface area (Å²) >= 11 is 5.67. The molecule has 8 nitrogen and oxygen atoms in total. The third-order valence-electron chi connectivity index (χ3n) is 3.64. The number of fused-ring (bicyclic) bond motifs is 1. The number of ether oxygens (including phenoxy) is 2. The van der Waals surface area contributed by atoms with Crippen LogP contribution in [0, 0.1) is 17.1 Å². The van der Waals surface area contributed by atoms with E-state index in [0.717, 1.165) is 12.1 Å². The molecule has 2 amide bonds. The second kappa shape index (κ2) is 8.50. The van der Waals surface area contributed by atoms with Crippen molar-refractivity contribution in [3.63, 3.8) is 0 Å². The Labute approximate surface area is 168 Å². The van der Waals surface area contributed by atoms with Gasteiger partial charge in [-0.3, -0.25) is 10.6 Å². The van der Waals surface area contributed by atoms with Gasteiger partial charge in [0.05, 0.1) is 23.3 Å². The van der Waals surface area contributed by atoms with E-state index in [1.54, 1.807) is 6.92 Å². The summed E-state index contributed by atoms with van der Waals surface area (Å²) in [4.78, 5) is 24.1. The molecule has 0 saturated heterocycles. The minimum Gasteiger partial charge on any atom is -0.450 e. The van der Waals surface area contributed by atoms with Gasteiger partial charge in [0, 0.05) is 11.5 Å². The molecule has 0 bridgehead atoms. The van der Waals surface area contributed by atoms with Crippen molar-refractivity contribution in [1.29, 1.82) is 5.26 Å². The van der Waals surface area contributed by atoms with Crippen molar-refractivity contribution in [3.8, 4) is 11.8 Å². The van der Waals surface area contributed by atoms with Gasteiger partial charge in [-0.2, -0.15) is 5.26 Å². The van der Waals surface area contributed by atoms with Gasteiger partial charge in [-0.25, -0.2) is 14.0 Å². The molecule has 3 aromatic rings. The van der Waals surface area contributed by atoms with E-state index in [2.05, 4.69) is 10.6 Å². The maximum absolute atomic E-state index is 13.2. The number of nitriles is 1. The van der Waals surface area contributed by atoms with Crippen molar-refractivity contribution in [1.82, 2.24) is 0 Å². The summed E-state index contributed by atoms with van der Waals surface area (Å²) in [5.74, 6) is -0.759. The molecule has 0 aliphatic carbocycles. The molecule has 0 aliphatic rings. The summed E-state index contributed by atoms with van der Waals surface area (Å²) in [5, 5.41) is 14.1. The number of nitrogens with one attached hydrogen (secondary N) is 2. The average Bonchev–Trinajstić information content (AvgIpc) is 3.00. The summed E-state index contributed by atoms with van der Waals surface area (Å²) in [7, 11) is 0.